The average molecular weight is 437 g/mol. The van der Waals surface area contributed by atoms with Gasteiger partial charge in [0.25, 0.3) is 5.56 Å². The Morgan fingerprint density at radius 3 is 2.61 bits per heavy atom. The van der Waals surface area contributed by atoms with E-state index in [2.05, 4.69) is 15.5 Å². The highest BCUT2D eigenvalue weighted by atomic mass is 35.5. The predicted molar refractivity (Wildman–Crippen MR) is 123 cm³/mol. The largest absolute Gasteiger partial charge is 0.332 e. The van der Waals surface area contributed by atoms with Crippen LogP contribution in [-0.2, 0) is 20.6 Å². The molecule has 2 aromatic heterocycles. The molecule has 2 heterocycles. The number of halogens is 1. The van der Waals surface area contributed by atoms with Crippen molar-refractivity contribution in [1.82, 2.24) is 18.7 Å². The van der Waals surface area contributed by atoms with Gasteiger partial charge < -0.3 is 0 Å². The van der Waals surface area contributed by atoms with E-state index in [0.717, 1.165) is 21.3 Å². The molecule has 4 aromatic rings. The minimum absolute atomic E-state index is 0.288. The van der Waals surface area contributed by atoms with Crippen molar-refractivity contribution in [3.05, 3.63) is 91.1 Å². The van der Waals surface area contributed by atoms with Gasteiger partial charge in [0.1, 0.15) is 0 Å². The van der Waals surface area contributed by atoms with Crippen LogP contribution in [0.3, 0.4) is 0 Å². The van der Waals surface area contributed by atoms with Crippen LogP contribution in [0, 0.1) is 6.92 Å². The van der Waals surface area contributed by atoms with Gasteiger partial charge in [-0.2, -0.15) is 10.1 Å². The van der Waals surface area contributed by atoms with Gasteiger partial charge in [0, 0.05) is 24.7 Å². The van der Waals surface area contributed by atoms with Crippen molar-refractivity contribution >= 4 is 34.9 Å². The zero-order valence-corrected chi connectivity index (χ0v) is 18.1. The molecule has 4 rings (SSSR count). The third kappa shape index (κ3) is 3.89. The number of hydrazone groups is 1. The SMILES string of the molecule is Cc1cccc(Cn2c(N/N=C\c3ccccc3Cl)nc3c2c(=O)n(C)c(=O)n3C)c1. The molecule has 0 unspecified atom stereocenters. The first-order valence-corrected chi connectivity index (χ1v) is 10.00. The molecular weight excluding hydrogens is 416 g/mol. The molecular formula is C22H21ClN6O2. The standard InChI is InChI=1S/C22H21ClN6O2/c1-14-7-6-8-15(11-14)13-29-18-19(27(2)22(31)28(3)20(18)30)25-21(29)26-24-12-16-9-4-5-10-17(16)23/h4-12H,13H2,1-3H3,(H,25,26)/b24-12-. The Balaban J connectivity index is 1.84. The van der Waals surface area contributed by atoms with Gasteiger partial charge in [0.05, 0.1) is 12.8 Å². The van der Waals surface area contributed by atoms with Gasteiger partial charge in [-0.15, -0.1) is 0 Å². The number of imidazole rings is 1. The molecule has 8 nitrogen and oxygen atoms in total. The Bertz CT molecular complexity index is 1430. The zero-order chi connectivity index (χ0) is 22.1. The summed E-state index contributed by atoms with van der Waals surface area (Å²) in [6.07, 6.45) is 1.58. The number of fused-ring (bicyclic) bond motifs is 1. The van der Waals surface area contributed by atoms with E-state index in [-0.39, 0.29) is 5.65 Å². The smallest absolute Gasteiger partial charge is 0.298 e. The first-order chi connectivity index (χ1) is 14.9. The van der Waals surface area contributed by atoms with E-state index >= 15 is 0 Å². The minimum Gasteiger partial charge on any atom is -0.298 e. The van der Waals surface area contributed by atoms with Crippen LogP contribution in [0.25, 0.3) is 11.2 Å². The molecule has 31 heavy (non-hydrogen) atoms. The van der Waals surface area contributed by atoms with Crippen LogP contribution in [0.5, 0.6) is 0 Å². The highest BCUT2D eigenvalue weighted by Gasteiger charge is 2.19. The molecule has 0 fully saturated rings. The highest BCUT2D eigenvalue weighted by molar-refractivity contribution is 6.33. The van der Waals surface area contributed by atoms with Crippen LogP contribution in [0.1, 0.15) is 16.7 Å². The summed E-state index contributed by atoms with van der Waals surface area (Å²) in [7, 11) is 3.04. The van der Waals surface area contributed by atoms with Crippen molar-refractivity contribution in [3.8, 4) is 0 Å². The maximum absolute atomic E-state index is 12.9. The highest BCUT2D eigenvalue weighted by Crippen LogP contribution is 2.19. The van der Waals surface area contributed by atoms with Crippen molar-refractivity contribution in [1.29, 1.82) is 0 Å². The van der Waals surface area contributed by atoms with E-state index in [0.29, 0.717) is 23.0 Å². The van der Waals surface area contributed by atoms with Crippen molar-refractivity contribution in [2.75, 3.05) is 5.43 Å². The summed E-state index contributed by atoms with van der Waals surface area (Å²) in [6, 6.07) is 15.3. The van der Waals surface area contributed by atoms with Gasteiger partial charge >= 0.3 is 5.69 Å². The molecule has 0 saturated heterocycles. The zero-order valence-electron chi connectivity index (χ0n) is 17.3. The van der Waals surface area contributed by atoms with Gasteiger partial charge in [-0.3, -0.25) is 18.5 Å². The molecule has 1 N–H and O–H groups in total. The van der Waals surface area contributed by atoms with E-state index in [1.165, 1.54) is 11.6 Å². The predicted octanol–water partition coefficient (Wildman–Crippen LogP) is 2.89. The number of aromatic nitrogens is 4. The van der Waals surface area contributed by atoms with Gasteiger partial charge in [0.15, 0.2) is 11.2 Å². The van der Waals surface area contributed by atoms with Gasteiger partial charge in [-0.05, 0) is 18.6 Å². The van der Waals surface area contributed by atoms with Crippen LogP contribution in [0.4, 0.5) is 5.95 Å². The van der Waals surface area contributed by atoms with Crippen molar-refractivity contribution in [2.24, 2.45) is 19.2 Å². The van der Waals surface area contributed by atoms with Gasteiger partial charge in [0.2, 0.25) is 5.95 Å². The first-order valence-electron chi connectivity index (χ1n) is 9.62. The third-order valence-electron chi connectivity index (χ3n) is 5.04. The Kier molecular flexibility index (Phi) is 5.48. The van der Waals surface area contributed by atoms with Crippen LogP contribution in [0.15, 0.2) is 63.2 Å². The van der Waals surface area contributed by atoms with Crippen LogP contribution >= 0.6 is 11.6 Å². The average Bonchev–Trinajstić information content (AvgIpc) is 3.10. The summed E-state index contributed by atoms with van der Waals surface area (Å²) in [5.74, 6) is 0.345. The lowest BCUT2D eigenvalue weighted by Gasteiger charge is -2.10. The summed E-state index contributed by atoms with van der Waals surface area (Å²) in [6.45, 7) is 2.39. The summed E-state index contributed by atoms with van der Waals surface area (Å²) < 4.78 is 4.16. The topological polar surface area (TPSA) is 86.2 Å². The van der Waals surface area contributed by atoms with E-state index in [1.54, 1.807) is 23.9 Å². The van der Waals surface area contributed by atoms with E-state index in [9.17, 15) is 9.59 Å². The maximum Gasteiger partial charge on any atom is 0.332 e. The first kappa shape index (κ1) is 20.6. The lowest BCUT2D eigenvalue weighted by atomic mass is 10.1. The van der Waals surface area contributed by atoms with E-state index < -0.39 is 11.2 Å². The maximum atomic E-state index is 12.9. The molecule has 2 aromatic carbocycles. The van der Waals surface area contributed by atoms with Crippen molar-refractivity contribution in [3.63, 3.8) is 0 Å². The second kappa shape index (κ2) is 8.23. The Labute approximate surface area is 183 Å². The molecule has 0 atom stereocenters. The molecule has 0 saturated carbocycles. The summed E-state index contributed by atoms with van der Waals surface area (Å²) in [5, 5.41) is 4.82. The van der Waals surface area contributed by atoms with Gasteiger partial charge in [-0.1, -0.05) is 59.6 Å². The van der Waals surface area contributed by atoms with E-state index in [1.807, 2.05) is 49.4 Å². The number of hydrogen-bond acceptors (Lipinski definition) is 5. The van der Waals surface area contributed by atoms with Crippen LogP contribution < -0.4 is 16.7 Å². The number of anilines is 1. The summed E-state index contributed by atoms with van der Waals surface area (Å²) in [5.41, 5.74) is 5.49. The van der Waals surface area contributed by atoms with Crippen molar-refractivity contribution in [2.45, 2.75) is 13.5 Å². The van der Waals surface area contributed by atoms with Gasteiger partial charge in [-0.25, -0.2) is 10.2 Å². The molecule has 0 aliphatic heterocycles. The molecule has 0 radical (unpaired) electrons. The summed E-state index contributed by atoms with van der Waals surface area (Å²) >= 11 is 6.18. The number of rotatable bonds is 5. The molecule has 0 spiro atoms. The summed E-state index contributed by atoms with van der Waals surface area (Å²) in [4.78, 5) is 29.8. The number of benzene rings is 2. The lowest BCUT2D eigenvalue weighted by Crippen LogP contribution is -2.37. The third-order valence-corrected chi connectivity index (χ3v) is 5.39. The fraction of sp³-hybridized carbons (Fsp3) is 0.182. The second-order valence-electron chi connectivity index (χ2n) is 7.28. The fourth-order valence-electron chi connectivity index (χ4n) is 3.42. The number of nitrogens with zero attached hydrogens (tertiary/aromatic N) is 5. The molecule has 0 aliphatic carbocycles. The monoisotopic (exact) mass is 436 g/mol. The Morgan fingerprint density at radius 1 is 1.10 bits per heavy atom. The lowest BCUT2D eigenvalue weighted by molar-refractivity contribution is 0.702. The fourth-order valence-corrected chi connectivity index (χ4v) is 3.60. The Morgan fingerprint density at radius 2 is 1.87 bits per heavy atom. The number of aryl methyl sites for hydroxylation is 2. The normalized spacial score (nSPS) is 11.5. The molecule has 9 heteroatoms. The molecule has 0 aliphatic rings. The Hall–Kier alpha value is -3.65. The van der Waals surface area contributed by atoms with Crippen molar-refractivity contribution < 1.29 is 0 Å². The quantitative estimate of drug-likeness (QED) is 0.385. The minimum atomic E-state index is -0.441. The molecule has 0 bridgehead atoms. The van der Waals surface area contributed by atoms with Crippen LogP contribution in [0.2, 0.25) is 5.02 Å². The second-order valence-corrected chi connectivity index (χ2v) is 7.69. The van der Waals surface area contributed by atoms with Crippen LogP contribution in [-0.4, -0.2) is 24.9 Å². The van der Waals surface area contributed by atoms with E-state index in [4.69, 9.17) is 11.6 Å². The molecule has 0 amide bonds. The molecule has 158 valence electrons. The number of hydrogen-bond donors (Lipinski definition) is 1. The number of nitrogens with one attached hydrogen (secondary N) is 1.